The summed E-state index contributed by atoms with van der Waals surface area (Å²) in [5, 5.41) is 20.5. The fourth-order valence-electron chi connectivity index (χ4n) is 2.59. The first-order chi connectivity index (χ1) is 12.6. The maximum atomic E-state index is 10.2. The second-order valence-electron chi connectivity index (χ2n) is 6.59. The van der Waals surface area contributed by atoms with Gasteiger partial charge in [0.15, 0.2) is 0 Å². The van der Waals surface area contributed by atoms with Gasteiger partial charge in [-0.1, -0.05) is 63.2 Å². The predicted octanol–water partition coefficient (Wildman–Crippen LogP) is 2.73. The van der Waals surface area contributed by atoms with E-state index in [4.69, 9.17) is 0 Å². The molecule has 0 aliphatic carbocycles. The minimum atomic E-state index is -0.952. The van der Waals surface area contributed by atoms with Gasteiger partial charge in [0.2, 0.25) is 0 Å². The van der Waals surface area contributed by atoms with Crippen molar-refractivity contribution in [2.75, 3.05) is 0 Å². The molecule has 0 bridgehead atoms. The third kappa shape index (κ3) is 22.1. The summed E-state index contributed by atoms with van der Waals surface area (Å²) >= 11 is 0. The second-order valence-corrected chi connectivity index (χ2v) is 6.59. The van der Waals surface area contributed by atoms with Crippen LogP contribution in [0.25, 0.3) is 0 Å². The molecule has 0 saturated carbocycles. The van der Waals surface area contributed by atoms with Crippen molar-refractivity contribution in [1.29, 1.82) is 0 Å². The SMILES string of the molecule is O=C([O-])CCCCCCCCC#CC#CCCCCCCCCC(=O)[O-]. The van der Waals surface area contributed by atoms with Crippen molar-refractivity contribution in [2.45, 2.75) is 103 Å². The summed E-state index contributed by atoms with van der Waals surface area (Å²) in [6.07, 6.45) is 14.3. The summed E-state index contributed by atoms with van der Waals surface area (Å²) in [7, 11) is 0. The summed E-state index contributed by atoms with van der Waals surface area (Å²) < 4.78 is 0. The van der Waals surface area contributed by atoms with Crippen LogP contribution in [0.1, 0.15) is 103 Å². The molecule has 0 aromatic heterocycles. The molecular weight excluding hydrogens is 328 g/mol. The maximum Gasteiger partial charge on any atom is 0.0414 e. The molecule has 0 aliphatic heterocycles. The first-order valence-electron chi connectivity index (χ1n) is 9.98. The Labute approximate surface area is 158 Å². The van der Waals surface area contributed by atoms with Crippen molar-refractivity contribution in [3.63, 3.8) is 0 Å². The molecule has 4 nitrogen and oxygen atoms in total. The van der Waals surface area contributed by atoms with E-state index in [1.165, 1.54) is 0 Å². The monoisotopic (exact) mass is 360 g/mol. The van der Waals surface area contributed by atoms with Gasteiger partial charge in [-0.15, -0.1) is 0 Å². The molecule has 0 fully saturated rings. The van der Waals surface area contributed by atoms with Crippen LogP contribution in [0, 0.1) is 23.7 Å². The quantitative estimate of drug-likeness (QED) is 0.313. The second kappa shape index (κ2) is 19.4. The standard InChI is InChI=1S/C22H34O4/c23-21(24)19-17-15-13-11-9-7-5-3-1-2-4-6-8-10-12-14-16-18-20-22(25)26/h5-20H2,(H,23,24)(H,25,26)/p-2. The Morgan fingerprint density at radius 3 is 1.15 bits per heavy atom. The van der Waals surface area contributed by atoms with E-state index in [9.17, 15) is 19.8 Å². The van der Waals surface area contributed by atoms with Crippen molar-refractivity contribution < 1.29 is 19.8 Å². The molecule has 0 aliphatic rings. The van der Waals surface area contributed by atoms with E-state index in [1.54, 1.807) is 0 Å². The lowest BCUT2D eigenvalue weighted by molar-refractivity contribution is -0.307. The molecule has 0 heterocycles. The zero-order valence-electron chi connectivity index (χ0n) is 15.9. The van der Waals surface area contributed by atoms with Crippen LogP contribution in [0.5, 0.6) is 0 Å². The Kier molecular flexibility index (Phi) is 17.9. The number of carboxylic acids is 2. The van der Waals surface area contributed by atoms with E-state index in [2.05, 4.69) is 23.7 Å². The van der Waals surface area contributed by atoms with Crippen LogP contribution < -0.4 is 10.2 Å². The van der Waals surface area contributed by atoms with Crippen LogP contribution in [0.15, 0.2) is 0 Å². The molecular formula is C22H32O4-2. The number of hydrogen-bond acceptors (Lipinski definition) is 4. The summed E-state index contributed by atoms with van der Waals surface area (Å²) in [6, 6.07) is 0. The van der Waals surface area contributed by atoms with Crippen molar-refractivity contribution in [2.24, 2.45) is 0 Å². The Balaban J connectivity index is 3.29. The van der Waals surface area contributed by atoms with E-state index >= 15 is 0 Å². The molecule has 0 radical (unpaired) electrons. The molecule has 0 spiro atoms. The number of carboxylic acid groups (broad SMARTS) is 2. The van der Waals surface area contributed by atoms with E-state index in [0.717, 1.165) is 89.9 Å². The number of carbonyl (C=O) groups excluding carboxylic acids is 2. The van der Waals surface area contributed by atoms with E-state index < -0.39 is 11.9 Å². The third-order valence-electron chi connectivity index (χ3n) is 4.10. The molecule has 0 aromatic rings. The Bertz CT molecular complexity index is 442. The zero-order chi connectivity index (χ0) is 19.3. The molecule has 0 amide bonds. The number of rotatable bonds is 16. The van der Waals surface area contributed by atoms with Gasteiger partial charge in [-0.3, -0.25) is 0 Å². The van der Waals surface area contributed by atoms with Gasteiger partial charge in [0, 0.05) is 24.8 Å². The van der Waals surface area contributed by atoms with E-state index in [-0.39, 0.29) is 12.8 Å². The lowest BCUT2D eigenvalue weighted by Gasteiger charge is -2.01. The highest BCUT2D eigenvalue weighted by Crippen LogP contribution is 2.08. The first kappa shape index (κ1) is 24.1. The highest BCUT2D eigenvalue weighted by Gasteiger charge is 1.92. The van der Waals surface area contributed by atoms with Gasteiger partial charge in [0.25, 0.3) is 0 Å². The highest BCUT2D eigenvalue weighted by molar-refractivity contribution is 5.64. The summed E-state index contributed by atoms with van der Waals surface area (Å²) in [5.74, 6) is 10.0. The molecule has 0 atom stereocenters. The Morgan fingerprint density at radius 2 is 0.808 bits per heavy atom. The minimum absolute atomic E-state index is 0.175. The van der Waals surface area contributed by atoms with Crippen LogP contribution >= 0.6 is 0 Å². The molecule has 146 valence electrons. The van der Waals surface area contributed by atoms with Gasteiger partial charge in [-0.25, -0.2) is 0 Å². The third-order valence-corrected chi connectivity index (χ3v) is 4.10. The average Bonchev–Trinajstić information content (AvgIpc) is 2.59. The highest BCUT2D eigenvalue weighted by atomic mass is 16.4. The number of unbranched alkanes of at least 4 members (excludes halogenated alkanes) is 12. The van der Waals surface area contributed by atoms with Crippen molar-refractivity contribution in [3.05, 3.63) is 0 Å². The van der Waals surface area contributed by atoms with Gasteiger partial charge in [0.05, 0.1) is 0 Å². The molecule has 0 rings (SSSR count). The van der Waals surface area contributed by atoms with Crippen LogP contribution in [0.2, 0.25) is 0 Å². The predicted molar refractivity (Wildman–Crippen MR) is 99.4 cm³/mol. The van der Waals surface area contributed by atoms with Crippen molar-refractivity contribution >= 4 is 11.9 Å². The van der Waals surface area contributed by atoms with Crippen LogP contribution in [0.3, 0.4) is 0 Å². The van der Waals surface area contributed by atoms with Gasteiger partial charge in [-0.05, 0) is 50.4 Å². The molecule has 0 aromatic carbocycles. The van der Waals surface area contributed by atoms with Crippen LogP contribution in [0.4, 0.5) is 0 Å². The van der Waals surface area contributed by atoms with Crippen LogP contribution in [-0.4, -0.2) is 11.9 Å². The molecule has 26 heavy (non-hydrogen) atoms. The largest absolute Gasteiger partial charge is 0.550 e. The van der Waals surface area contributed by atoms with Gasteiger partial charge in [-0.2, -0.15) is 0 Å². The normalized spacial score (nSPS) is 9.69. The van der Waals surface area contributed by atoms with E-state index in [1.807, 2.05) is 0 Å². The number of hydrogen-bond donors (Lipinski definition) is 0. The molecule has 0 N–H and O–H groups in total. The van der Waals surface area contributed by atoms with Gasteiger partial charge < -0.3 is 19.8 Å². The first-order valence-corrected chi connectivity index (χ1v) is 9.98. The van der Waals surface area contributed by atoms with Gasteiger partial charge >= 0.3 is 0 Å². The maximum absolute atomic E-state index is 10.2. The van der Waals surface area contributed by atoms with Crippen LogP contribution in [-0.2, 0) is 9.59 Å². The summed E-state index contributed by atoms with van der Waals surface area (Å²) in [6.45, 7) is 0. The topological polar surface area (TPSA) is 80.3 Å². The van der Waals surface area contributed by atoms with Crippen molar-refractivity contribution in [3.8, 4) is 23.7 Å². The summed E-state index contributed by atoms with van der Waals surface area (Å²) in [4.78, 5) is 20.5. The number of aliphatic carboxylic acids is 2. The Hall–Kier alpha value is -1.94. The Morgan fingerprint density at radius 1 is 0.500 bits per heavy atom. The average molecular weight is 360 g/mol. The smallest absolute Gasteiger partial charge is 0.0414 e. The zero-order valence-corrected chi connectivity index (χ0v) is 15.9. The fourth-order valence-corrected chi connectivity index (χ4v) is 2.59. The molecule has 0 unspecified atom stereocenters. The molecule has 0 saturated heterocycles. The lowest BCUT2D eigenvalue weighted by Crippen LogP contribution is -2.21. The van der Waals surface area contributed by atoms with Gasteiger partial charge in [0.1, 0.15) is 0 Å². The fraction of sp³-hybridized carbons (Fsp3) is 0.727. The van der Waals surface area contributed by atoms with Crippen molar-refractivity contribution in [1.82, 2.24) is 0 Å². The molecule has 4 heteroatoms. The lowest BCUT2D eigenvalue weighted by atomic mass is 10.1. The minimum Gasteiger partial charge on any atom is -0.550 e. The summed E-state index contributed by atoms with van der Waals surface area (Å²) in [5.41, 5.74) is 0. The number of carbonyl (C=O) groups is 2. The van der Waals surface area contributed by atoms with E-state index in [0.29, 0.717) is 0 Å².